The lowest BCUT2D eigenvalue weighted by Crippen LogP contribution is -2.44. The molecule has 0 saturated carbocycles. The molecular weight excluding hydrogens is 337 g/mol. The Hall–Kier alpha value is -1.37. The molecule has 0 aromatic rings. The highest BCUT2D eigenvalue weighted by atomic mass is 31.2. The Labute approximate surface area is 142 Å². The molecule has 9 heteroatoms. The van der Waals surface area contributed by atoms with E-state index >= 15 is 0 Å². The van der Waals surface area contributed by atoms with E-state index in [0.717, 1.165) is 0 Å². The van der Waals surface area contributed by atoms with Crippen LogP contribution in [0, 0.1) is 0 Å². The van der Waals surface area contributed by atoms with Crippen LogP contribution in [-0.2, 0) is 27.9 Å². The summed E-state index contributed by atoms with van der Waals surface area (Å²) in [4.78, 5) is 25.6. The number of carbonyl (C=O) groups is 2. The number of ether oxygens (including phenoxy) is 2. The number of hydrogen-bond acceptors (Lipinski definition) is 7. The average molecular weight is 363 g/mol. The summed E-state index contributed by atoms with van der Waals surface area (Å²) in [6.45, 7) is 7.76. The molecule has 0 fully saturated rings. The smallest absolute Gasteiger partial charge is 0.411 e. The fourth-order valence-corrected chi connectivity index (χ4v) is 4.21. The lowest BCUT2D eigenvalue weighted by atomic mass is 10.1. The molecule has 8 nitrogen and oxygen atoms in total. The zero-order chi connectivity index (χ0) is 18.2. The lowest BCUT2D eigenvalue weighted by Gasteiger charge is -2.26. The van der Waals surface area contributed by atoms with Gasteiger partial charge in [-0.15, -0.1) is 0 Å². The van der Waals surface area contributed by atoms with Crippen molar-refractivity contribution in [2.24, 2.45) is 0 Å². The summed E-state index contributed by atoms with van der Waals surface area (Å²) in [5, 5.41) is 0. The van der Waals surface area contributed by atoms with Crippen LogP contribution in [0.25, 0.3) is 0 Å². The molecule has 0 aromatic carbocycles. The van der Waals surface area contributed by atoms with Crippen molar-refractivity contribution in [3.63, 3.8) is 0 Å². The van der Waals surface area contributed by atoms with E-state index in [9.17, 15) is 14.2 Å². The summed E-state index contributed by atoms with van der Waals surface area (Å²) in [6.07, 6.45) is 0.974. The lowest BCUT2D eigenvalue weighted by molar-refractivity contribution is -0.146. The molecule has 0 bridgehead atoms. The van der Waals surface area contributed by atoms with Crippen LogP contribution >= 0.6 is 7.60 Å². The van der Waals surface area contributed by atoms with Crippen molar-refractivity contribution in [3.8, 4) is 0 Å². The van der Waals surface area contributed by atoms with Gasteiger partial charge in [0.25, 0.3) is 0 Å². The largest absolute Gasteiger partial charge is 0.464 e. The van der Waals surface area contributed by atoms with Gasteiger partial charge in [-0.05, 0) is 33.3 Å². The molecule has 1 heterocycles. The molecule has 1 unspecified atom stereocenters. The van der Waals surface area contributed by atoms with Gasteiger partial charge in [-0.2, -0.15) is 0 Å². The first-order valence-corrected chi connectivity index (χ1v) is 9.82. The topological polar surface area (TPSA) is 91.4 Å². The molecule has 24 heavy (non-hydrogen) atoms. The van der Waals surface area contributed by atoms with Crippen molar-refractivity contribution in [2.45, 2.75) is 33.7 Å². The van der Waals surface area contributed by atoms with Gasteiger partial charge in [-0.25, -0.2) is 9.59 Å². The Morgan fingerprint density at radius 3 is 2.17 bits per heavy atom. The molecule has 1 aliphatic heterocycles. The van der Waals surface area contributed by atoms with Gasteiger partial charge in [0.05, 0.1) is 32.6 Å². The van der Waals surface area contributed by atoms with E-state index in [-0.39, 0.29) is 39.1 Å². The maximum atomic E-state index is 12.7. The summed E-state index contributed by atoms with van der Waals surface area (Å²) < 4.78 is 33.3. The predicted octanol–water partition coefficient (Wildman–Crippen LogP) is 2.58. The predicted molar refractivity (Wildman–Crippen MR) is 88.0 cm³/mol. The van der Waals surface area contributed by atoms with Crippen molar-refractivity contribution < 1.29 is 32.7 Å². The fraction of sp³-hybridized carbons (Fsp3) is 0.733. The first-order valence-electron chi connectivity index (χ1n) is 8.09. The maximum absolute atomic E-state index is 12.7. The third-order valence-corrected chi connectivity index (χ3v) is 5.31. The summed E-state index contributed by atoms with van der Waals surface area (Å²) in [6, 6.07) is -0.974. The first-order chi connectivity index (χ1) is 11.4. The fourth-order valence-electron chi connectivity index (χ4n) is 2.42. The third kappa shape index (κ3) is 5.33. The molecule has 1 aliphatic rings. The van der Waals surface area contributed by atoms with Gasteiger partial charge in [0, 0.05) is 6.54 Å². The molecule has 0 aliphatic carbocycles. The highest BCUT2D eigenvalue weighted by Crippen LogP contribution is 2.50. The second-order valence-electron chi connectivity index (χ2n) is 4.89. The standard InChI is InChI=1S/C15H26NO7P/c1-5-20-14(17)13-12(9-10-16(13)15(18)21-6-2)11-24(19,22-7-3)23-8-4/h9,13H,5-8,10-11H2,1-4H3. The number of amides is 1. The molecular formula is C15H26NO7P. The molecule has 1 amide bonds. The van der Waals surface area contributed by atoms with Crippen molar-refractivity contribution in [3.05, 3.63) is 11.6 Å². The van der Waals surface area contributed by atoms with Crippen LogP contribution in [0.2, 0.25) is 0 Å². The van der Waals surface area contributed by atoms with Crippen LogP contribution in [0.3, 0.4) is 0 Å². The summed E-state index contributed by atoms with van der Waals surface area (Å²) in [7, 11) is -3.39. The van der Waals surface area contributed by atoms with Gasteiger partial charge < -0.3 is 18.5 Å². The van der Waals surface area contributed by atoms with Crippen molar-refractivity contribution in [1.82, 2.24) is 4.90 Å². The third-order valence-electron chi connectivity index (χ3n) is 3.25. The molecule has 0 radical (unpaired) electrons. The van der Waals surface area contributed by atoms with Crippen molar-refractivity contribution in [2.75, 3.05) is 39.1 Å². The zero-order valence-electron chi connectivity index (χ0n) is 14.6. The van der Waals surface area contributed by atoms with Crippen LogP contribution in [-0.4, -0.2) is 62.1 Å². The molecule has 0 spiro atoms. The van der Waals surface area contributed by atoms with Crippen LogP contribution in [0.1, 0.15) is 27.7 Å². The van der Waals surface area contributed by atoms with E-state index in [1.165, 1.54) is 4.90 Å². The number of nitrogens with zero attached hydrogens (tertiary/aromatic N) is 1. The van der Waals surface area contributed by atoms with Gasteiger partial charge in [-0.1, -0.05) is 6.08 Å². The monoisotopic (exact) mass is 363 g/mol. The molecule has 0 aromatic heterocycles. The molecule has 1 atom stereocenters. The Balaban J connectivity index is 3.00. The van der Waals surface area contributed by atoms with Gasteiger partial charge in [0.2, 0.25) is 0 Å². The van der Waals surface area contributed by atoms with Crippen LogP contribution in [0.4, 0.5) is 4.79 Å². The van der Waals surface area contributed by atoms with Gasteiger partial charge in [-0.3, -0.25) is 9.46 Å². The van der Waals surface area contributed by atoms with Crippen molar-refractivity contribution >= 4 is 19.7 Å². The molecule has 0 saturated heterocycles. The van der Waals surface area contributed by atoms with E-state index in [2.05, 4.69) is 0 Å². The first kappa shape index (κ1) is 20.7. The van der Waals surface area contributed by atoms with Crippen LogP contribution < -0.4 is 0 Å². The van der Waals surface area contributed by atoms with E-state index in [1.807, 2.05) is 0 Å². The number of hydrogen-bond donors (Lipinski definition) is 0. The minimum atomic E-state index is -3.39. The Bertz CT molecular complexity index is 510. The molecule has 138 valence electrons. The average Bonchev–Trinajstić information content (AvgIpc) is 2.91. The van der Waals surface area contributed by atoms with Gasteiger partial charge in [0.1, 0.15) is 0 Å². The van der Waals surface area contributed by atoms with Crippen LogP contribution in [0.5, 0.6) is 0 Å². The van der Waals surface area contributed by atoms with Gasteiger partial charge >= 0.3 is 19.7 Å². The van der Waals surface area contributed by atoms with Crippen molar-refractivity contribution in [1.29, 1.82) is 0 Å². The van der Waals surface area contributed by atoms with Crippen LogP contribution in [0.15, 0.2) is 11.6 Å². The Kier molecular flexibility index (Phi) is 8.45. The number of rotatable bonds is 9. The summed E-state index contributed by atoms with van der Waals surface area (Å²) in [5.74, 6) is -0.589. The SMILES string of the molecule is CCOC(=O)C1C(CP(=O)(OCC)OCC)=CCN1C(=O)OCC. The number of esters is 1. The highest BCUT2D eigenvalue weighted by Gasteiger charge is 2.41. The minimum Gasteiger partial charge on any atom is -0.464 e. The van der Waals surface area contributed by atoms with E-state index in [0.29, 0.717) is 5.57 Å². The van der Waals surface area contributed by atoms with Gasteiger partial charge in [0.15, 0.2) is 6.04 Å². The second-order valence-corrected chi connectivity index (χ2v) is 6.94. The summed E-state index contributed by atoms with van der Waals surface area (Å²) in [5.41, 5.74) is 0.478. The normalized spacial score (nSPS) is 17.6. The Morgan fingerprint density at radius 2 is 1.67 bits per heavy atom. The zero-order valence-corrected chi connectivity index (χ0v) is 15.5. The summed E-state index contributed by atoms with van der Waals surface area (Å²) >= 11 is 0. The van der Waals surface area contributed by atoms with E-state index in [1.54, 1.807) is 33.8 Å². The molecule has 1 rings (SSSR count). The number of carbonyl (C=O) groups excluding carboxylic acids is 2. The Morgan fingerprint density at radius 1 is 1.08 bits per heavy atom. The van der Waals surface area contributed by atoms with E-state index in [4.69, 9.17) is 18.5 Å². The molecule has 0 N–H and O–H groups in total. The quantitative estimate of drug-likeness (QED) is 0.353. The maximum Gasteiger partial charge on any atom is 0.411 e. The van der Waals surface area contributed by atoms with E-state index < -0.39 is 25.7 Å². The second kappa shape index (κ2) is 9.81. The minimum absolute atomic E-state index is 0.0753. The highest BCUT2D eigenvalue weighted by molar-refractivity contribution is 7.54.